The summed E-state index contributed by atoms with van der Waals surface area (Å²) < 4.78 is 11.3. The van der Waals surface area contributed by atoms with Crippen molar-refractivity contribution < 1.29 is 9.15 Å². The minimum absolute atomic E-state index is 0.144. The van der Waals surface area contributed by atoms with Gasteiger partial charge in [0.25, 0.3) is 0 Å². The van der Waals surface area contributed by atoms with E-state index in [1.807, 2.05) is 57.2 Å². The summed E-state index contributed by atoms with van der Waals surface area (Å²) in [5.41, 5.74) is 3.79. The molecule has 1 aromatic carbocycles. The minimum Gasteiger partial charge on any atom is -0.491 e. The van der Waals surface area contributed by atoms with Crippen LogP contribution < -0.4 is 16.0 Å². The Morgan fingerprint density at radius 2 is 2.00 bits per heavy atom. The zero-order chi connectivity index (χ0) is 13.8. The van der Waals surface area contributed by atoms with Gasteiger partial charge >= 0.3 is 0 Å². The maximum atomic E-state index is 5.69. The molecular formula is C15H20N2O2. The molecule has 4 nitrogen and oxygen atoms in total. The molecule has 1 heterocycles. The molecule has 0 amide bonds. The number of nitrogens with two attached hydrogens (primary N) is 1. The number of hydrogen-bond donors (Lipinski definition) is 2. The topological polar surface area (TPSA) is 60.4 Å². The van der Waals surface area contributed by atoms with Crippen molar-refractivity contribution in [3.8, 4) is 5.75 Å². The van der Waals surface area contributed by atoms with E-state index in [-0.39, 0.29) is 12.1 Å². The Kier molecular flexibility index (Phi) is 4.24. The number of hydrogen-bond acceptors (Lipinski definition) is 4. The second-order valence-corrected chi connectivity index (χ2v) is 4.79. The second kappa shape index (κ2) is 5.91. The normalized spacial score (nSPS) is 12.7. The van der Waals surface area contributed by atoms with E-state index in [1.165, 1.54) is 0 Å². The Morgan fingerprint density at radius 3 is 2.58 bits per heavy atom. The Labute approximate surface area is 113 Å². The van der Waals surface area contributed by atoms with Gasteiger partial charge in [0.1, 0.15) is 23.3 Å². The molecule has 0 spiro atoms. The molecule has 2 aromatic rings. The molecule has 102 valence electrons. The maximum absolute atomic E-state index is 5.69. The number of aryl methyl sites for hydroxylation is 1. The second-order valence-electron chi connectivity index (χ2n) is 4.79. The van der Waals surface area contributed by atoms with Crippen LogP contribution in [0.1, 0.15) is 37.0 Å². The zero-order valence-electron chi connectivity index (χ0n) is 11.5. The van der Waals surface area contributed by atoms with Crippen molar-refractivity contribution in [2.45, 2.75) is 32.9 Å². The van der Waals surface area contributed by atoms with Crippen LogP contribution in [0, 0.1) is 6.92 Å². The van der Waals surface area contributed by atoms with Gasteiger partial charge in [0.15, 0.2) is 0 Å². The quantitative estimate of drug-likeness (QED) is 0.641. The average Bonchev–Trinajstić information content (AvgIpc) is 2.76. The summed E-state index contributed by atoms with van der Waals surface area (Å²) in [4.78, 5) is 0. The van der Waals surface area contributed by atoms with Crippen LogP contribution in [0.5, 0.6) is 5.75 Å². The van der Waals surface area contributed by atoms with Gasteiger partial charge in [0.2, 0.25) is 0 Å². The summed E-state index contributed by atoms with van der Waals surface area (Å²) in [6, 6.07) is 11.5. The van der Waals surface area contributed by atoms with Crippen LogP contribution in [0.4, 0.5) is 0 Å². The van der Waals surface area contributed by atoms with Gasteiger partial charge < -0.3 is 9.15 Å². The van der Waals surface area contributed by atoms with E-state index in [9.17, 15) is 0 Å². The number of benzene rings is 1. The largest absolute Gasteiger partial charge is 0.491 e. The number of furan rings is 1. The Bertz CT molecular complexity index is 534. The van der Waals surface area contributed by atoms with Crippen molar-refractivity contribution >= 4 is 0 Å². The molecule has 0 aliphatic heterocycles. The third-order valence-corrected chi connectivity index (χ3v) is 2.78. The van der Waals surface area contributed by atoms with Crippen molar-refractivity contribution in [2.75, 3.05) is 0 Å². The van der Waals surface area contributed by atoms with Crippen molar-refractivity contribution in [1.29, 1.82) is 0 Å². The Hall–Kier alpha value is -1.78. The third-order valence-electron chi connectivity index (χ3n) is 2.78. The number of hydrazine groups is 1. The smallest absolute Gasteiger partial charge is 0.126 e. The van der Waals surface area contributed by atoms with Crippen LogP contribution >= 0.6 is 0 Å². The fraction of sp³-hybridized carbons (Fsp3) is 0.333. The molecule has 0 aliphatic rings. The summed E-state index contributed by atoms with van der Waals surface area (Å²) in [5, 5.41) is 0. The van der Waals surface area contributed by atoms with E-state index in [0.717, 1.165) is 22.8 Å². The van der Waals surface area contributed by atoms with Crippen molar-refractivity contribution in [1.82, 2.24) is 5.43 Å². The highest BCUT2D eigenvalue weighted by Crippen LogP contribution is 2.26. The fourth-order valence-electron chi connectivity index (χ4n) is 1.99. The SMILES string of the molecule is Cc1ccc(C(NN)c2cccc(OC(C)C)c2)o1. The Balaban J connectivity index is 2.28. The van der Waals surface area contributed by atoms with Crippen LogP contribution in [0.15, 0.2) is 40.8 Å². The van der Waals surface area contributed by atoms with Crippen molar-refractivity contribution in [2.24, 2.45) is 5.84 Å². The zero-order valence-corrected chi connectivity index (χ0v) is 11.5. The molecule has 0 fully saturated rings. The first kappa shape index (κ1) is 13.6. The summed E-state index contributed by atoms with van der Waals surface area (Å²) in [7, 11) is 0. The first-order valence-corrected chi connectivity index (χ1v) is 6.39. The molecule has 4 heteroatoms. The van der Waals surface area contributed by atoms with Gasteiger partial charge in [-0.15, -0.1) is 0 Å². The molecule has 19 heavy (non-hydrogen) atoms. The molecule has 0 aliphatic carbocycles. The third kappa shape index (κ3) is 3.36. The van der Waals surface area contributed by atoms with E-state index in [0.29, 0.717) is 0 Å². The van der Waals surface area contributed by atoms with Crippen LogP contribution in [-0.4, -0.2) is 6.10 Å². The van der Waals surface area contributed by atoms with E-state index in [2.05, 4.69) is 5.43 Å². The van der Waals surface area contributed by atoms with Gasteiger partial charge in [-0.05, 0) is 50.6 Å². The fourth-order valence-corrected chi connectivity index (χ4v) is 1.99. The molecule has 0 bridgehead atoms. The molecule has 0 saturated heterocycles. The Morgan fingerprint density at radius 1 is 1.21 bits per heavy atom. The van der Waals surface area contributed by atoms with Crippen LogP contribution in [0.3, 0.4) is 0 Å². The highest BCUT2D eigenvalue weighted by atomic mass is 16.5. The highest BCUT2D eigenvalue weighted by Gasteiger charge is 2.16. The van der Waals surface area contributed by atoms with E-state index in [1.54, 1.807) is 0 Å². The molecule has 0 radical (unpaired) electrons. The summed E-state index contributed by atoms with van der Waals surface area (Å²) >= 11 is 0. The summed E-state index contributed by atoms with van der Waals surface area (Å²) in [6.45, 7) is 5.91. The molecule has 1 unspecified atom stereocenters. The summed E-state index contributed by atoms with van der Waals surface area (Å²) in [6.07, 6.45) is 0.144. The molecule has 0 saturated carbocycles. The lowest BCUT2D eigenvalue weighted by molar-refractivity contribution is 0.242. The monoisotopic (exact) mass is 260 g/mol. The first-order chi connectivity index (χ1) is 9.10. The summed E-state index contributed by atoms with van der Waals surface area (Å²) in [5.74, 6) is 8.14. The predicted molar refractivity (Wildman–Crippen MR) is 74.8 cm³/mol. The predicted octanol–water partition coefficient (Wildman–Crippen LogP) is 2.93. The molecule has 1 aromatic heterocycles. The molecular weight excluding hydrogens is 240 g/mol. The van der Waals surface area contributed by atoms with Crippen molar-refractivity contribution in [3.63, 3.8) is 0 Å². The standard InChI is InChI=1S/C15H20N2O2/c1-10(2)18-13-6-4-5-12(9-13)15(17-16)14-8-7-11(3)19-14/h4-10,15,17H,16H2,1-3H3. The van der Waals surface area contributed by atoms with Crippen molar-refractivity contribution in [3.05, 3.63) is 53.5 Å². The molecule has 2 rings (SSSR count). The maximum Gasteiger partial charge on any atom is 0.126 e. The van der Waals surface area contributed by atoms with Crippen LogP contribution in [-0.2, 0) is 0 Å². The van der Waals surface area contributed by atoms with Crippen LogP contribution in [0.2, 0.25) is 0 Å². The van der Waals surface area contributed by atoms with E-state index < -0.39 is 0 Å². The number of ether oxygens (including phenoxy) is 1. The minimum atomic E-state index is -0.176. The average molecular weight is 260 g/mol. The lowest BCUT2D eigenvalue weighted by atomic mass is 10.1. The first-order valence-electron chi connectivity index (χ1n) is 6.39. The molecule has 1 atom stereocenters. The van der Waals surface area contributed by atoms with Gasteiger partial charge in [0.05, 0.1) is 6.10 Å². The van der Waals surface area contributed by atoms with E-state index >= 15 is 0 Å². The van der Waals surface area contributed by atoms with Gasteiger partial charge in [-0.2, -0.15) is 0 Å². The van der Waals surface area contributed by atoms with Gasteiger partial charge in [-0.25, -0.2) is 5.43 Å². The van der Waals surface area contributed by atoms with Crippen LogP contribution in [0.25, 0.3) is 0 Å². The lowest BCUT2D eigenvalue weighted by Crippen LogP contribution is -2.28. The highest BCUT2D eigenvalue weighted by molar-refractivity contribution is 5.34. The molecule has 3 N–H and O–H groups in total. The number of nitrogens with one attached hydrogen (secondary N) is 1. The van der Waals surface area contributed by atoms with E-state index in [4.69, 9.17) is 15.0 Å². The lowest BCUT2D eigenvalue weighted by Gasteiger charge is -2.16. The van der Waals surface area contributed by atoms with Gasteiger partial charge in [-0.3, -0.25) is 5.84 Å². The number of rotatable bonds is 5. The van der Waals surface area contributed by atoms with Gasteiger partial charge in [-0.1, -0.05) is 12.1 Å². The van der Waals surface area contributed by atoms with Gasteiger partial charge in [0, 0.05) is 0 Å².